The van der Waals surface area contributed by atoms with Crippen molar-refractivity contribution in [3.63, 3.8) is 0 Å². The van der Waals surface area contributed by atoms with Gasteiger partial charge >= 0.3 is 0 Å². The fourth-order valence-corrected chi connectivity index (χ4v) is 11.9. The number of hydrogen-bond donors (Lipinski definition) is 0. The van der Waals surface area contributed by atoms with Crippen molar-refractivity contribution in [3.8, 4) is 78.7 Å². The van der Waals surface area contributed by atoms with E-state index in [9.17, 15) is 0 Å². The lowest BCUT2D eigenvalue weighted by molar-refractivity contribution is 0.675. The lowest BCUT2D eigenvalue weighted by Crippen LogP contribution is -2.56. The first-order valence-corrected chi connectivity index (χ1v) is 25.3. The summed E-state index contributed by atoms with van der Waals surface area (Å²) in [5, 5.41) is 1.11. The highest BCUT2D eigenvalue weighted by Crippen LogP contribution is 2.39. The van der Waals surface area contributed by atoms with Crippen molar-refractivity contribution in [1.29, 1.82) is 0 Å². The molecule has 3 heterocycles. The molecule has 0 aliphatic carbocycles. The first-order valence-electron chi connectivity index (χ1n) is 24.5. The van der Waals surface area contributed by atoms with Gasteiger partial charge in [0.1, 0.15) is 152 Å². The summed E-state index contributed by atoms with van der Waals surface area (Å²) in [5.41, 5.74) is 7.40. The smallest absolute Gasteiger partial charge is 0.164 e. The molecule has 0 saturated heterocycles. The number of hydrogen-bond acceptors (Lipinski definition) is 5. The number of thiophene rings is 1. The molecular weight excluding hydrogens is 969 g/mol. The molecule has 0 atom stereocenters. The monoisotopic (exact) mass is 989 g/mol. The zero-order chi connectivity index (χ0) is 56.7. The number of nitrogens with zero attached hydrogens (tertiary/aromatic N) is 3. The minimum absolute atomic E-state index is 0.0000924. The first-order chi connectivity index (χ1) is 38.2. The predicted molar refractivity (Wildman–Crippen MR) is 355 cm³/mol. The number of rotatable bonds is 7. The Labute approximate surface area is 490 Å². The Morgan fingerprint density at radius 1 is 0.250 bits per heavy atom. The number of benzene rings is 9. The second-order valence-electron chi connectivity index (χ2n) is 19.4. The van der Waals surface area contributed by atoms with Gasteiger partial charge in [-0.15, -0.1) is 49.6 Å². The van der Waals surface area contributed by atoms with Gasteiger partial charge in [-0.25, -0.2) is 15.0 Å². The summed E-state index contributed by atoms with van der Waals surface area (Å²) in [6, 6.07) is 34.6. The molecule has 0 bridgehead atoms. The molecule has 36 radical (unpaired) electrons. The zero-order valence-corrected chi connectivity index (χ0v) is 43.2. The van der Waals surface area contributed by atoms with E-state index >= 15 is 0 Å². The van der Waals surface area contributed by atoms with Crippen LogP contribution < -0.4 is 98.3 Å². The maximum Gasteiger partial charge on any atom is 0.164 e. The van der Waals surface area contributed by atoms with Crippen LogP contribution in [0.3, 0.4) is 0 Å². The minimum atomic E-state index is -0.0553. The van der Waals surface area contributed by atoms with Crippen molar-refractivity contribution in [2.45, 2.75) is 0 Å². The van der Waals surface area contributed by atoms with Crippen molar-refractivity contribution in [1.82, 2.24) is 15.0 Å². The fraction of sp³-hybridized carbons (Fsp3) is 0. The van der Waals surface area contributed by atoms with Crippen LogP contribution in [0.25, 0.3) is 121 Å². The summed E-state index contributed by atoms with van der Waals surface area (Å²) >= 11 is 1.15. The van der Waals surface area contributed by atoms with Crippen LogP contribution in [0, 0.1) is 0 Å². The van der Waals surface area contributed by atoms with Crippen LogP contribution in [0.5, 0.6) is 0 Å². The van der Waals surface area contributed by atoms with E-state index in [-0.39, 0.29) is 160 Å². The summed E-state index contributed by atoms with van der Waals surface area (Å²) < 4.78 is 7.12. The second kappa shape index (κ2) is 20.0. The Bertz CT molecular complexity index is 4650. The normalized spacial score (nSPS) is 11.7. The van der Waals surface area contributed by atoms with E-state index in [4.69, 9.17) is 161 Å². The number of fused-ring (bicyclic) bond motifs is 6. The number of furan rings is 1. The predicted octanol–water partition coefficient (Wildman–Crippen LogP) is -5.90. The third kappa shape index (κ3) is 8.17. The molecule has 0 fully saturated rings. The Hall–Kier alpha value is -6.82. The minimum Gasteiger partial charge on any atom is -0.457 e. The molecule has 0 amide bonds. The largest absolute Gasteiger partial charge is 0.457 e. The zero-order valence-electron chi connectivity index (χ0n) is 42.4. The summed E-state index contributed by atoms with van der Waals surface area (Å²) in [4.78, 5) is 15.3. The average Bonchev–Trinajstić information content (AvgIpc) is 4.23. The van der Waals surface area contributed by atoms with Crippen LogP contribution in [0.15, 0.2) is 108 Å². The van der Waals surface area contributed by atoms with Crippen LogP contribution >= 0.6 is 11.3 Å². The standard InChI is InChI=1S/C57H17B18N3OS/c58-33-26(27-34(59)42(67)46(71)43(68)35(27)60)36(61)50(75)54-29(33)30-38(63)41(66)40(65)32(53(30)80-54)57-77-55(76-56(78-57)31-25-28-37(62)44(69)47(72)49(74)52(28)79-51(25)48(73)45(70)39(31)64)22-15-13-21(14-16-22)24-8-4-7-23(17-24)20-11-9-19(10-12-20)18-5-2-1-3-6-18/h1-17H. The molecule has 0 aliphatic heterocycles. The van der Waals surface area contributed by atoms with Gasteiger partial charge in [-0.1, -0.05) is 157 Å². The van der Waals surface area contributed by atoms with Crippen molar-refractivity contribution >= 4 is 293 Å². The van der Waals surface area contributed by atoms with E-state index in [1.165, 1.54) is 0 Å². The van der Waals surface area contributed by atoms with Crippen molar-refractivity contribution in [2.24, 2.45) is 0 Å². The SMILES string of the molecule is [B]c1c([B])c([B])c(-c2c([B])c([B])c3sc4c(-c5nc(-c6ccc(-c7cccc(-c8ccc(-c9ccccc9)cc8)c7)cc6)nc(-c6c([B])c([B])c([B])c7oc8c([B])c([B])c([B])c([B])c8c67)n5)c([B])c([B])c([B])c4c3c2[B])c([B])c1[B]. The summed E-state index contributed by atoms with van der Waals surface area (Å²) in [6.07, 6.45) is 0. The average molecular weight is 986 g/mol. The fourth-order valence-electron chi connectivity index (χ4n) is 10.5. The maximum absolute atomic E-state index is 7.14. The van der Waals surface area contributed by atoms with Gasteiger partial charge in [0.15, 0.2) is 17.5 Å². The van der Waals surface area contributed by atoms with Crippen LogP contribution in [0.1, 0.15) is 0 Å². The second-order valence-corrected chi connectivity index (χ2v) is 20.4. The van der Waals surface area contributed by atoms with Crippen molar-refractivity contribution in [2.75, 3.05) is 0 Å². The third-order valence-electron chi connectivity index (χ3n) is 14.9. The molecular formula is C57H17B18N3OS. The molecule has 0 saturated carbocycles. The molecule has 12 aromatic rings. The van der Waals surface area contributed by atoms with Crippen LogP contribution in [-0.2, 0) is 0 Å². The van der Waals surface area contributed by atoms with E-state index < -0.39 is 0 Å². The Kier molecular flexibility index (Phi) is 13.5. The van der Waals surface area contributed by atoms with E-state index in [0.717, 1.165) is 44.7 Å². The van der Waals surface area contributed by atoms with Gasteiger partial charge in [-0.05, 0) is 61.3 Å². The van der Waals surface area contributed by atoms with Crippen molar-refractivity contribution in [3.05, 3.63) is 103 Å². The highest BCUT2D eigenvalue weighted by molar-refractivity contribution is 7.28. The topological polar surface area (TPSA) is 51.8 Å². The highest BCUT2D eigenvalue weighted by atomic mass is 32.1. The molecule has 0 spiro atoms. The van der Waals surface area contributed by atoms with Crippen LogP contribution in [-0.4, -0.2) is 156 Å². The van der Waals surface area contributed by atoms with Gasteiger partial charge in [-0.2, -0.15) is 0 Å². The first kappa shape index (κ1) is 53.8. The maximum atomic E-state index is 7.14. The van der Waals surface area contributed by atoms with E-state index in [1.54, 1.807) is 0 Å². The Morgan fingerprint density at radius 2 is 0.613 bits per heavy atom. The summed E-state index contributed by atoms with van der Waals surface area (Å²) in [5.74, 6) is 0.102. The van der Waals surface area contributed by atoms with Gasteiger partial charge in [-0.3, -0.25) is 0 Å². The van der Waals surface area contributed by atoms with Gasteiger partial charge in [0.05, 0.1) is 0 Å². The molecule has 12 rings (SSSR count). The summed E-state index contributed by atoms with van der Waals surface area (Å²) in [7, 11) is 120. The van der Waals surface area contributed by atoms with Gasteiger partial charge in [0.2, 0.25) is 0 Å². The van der Waals surface area contributed by atoms with E-state index in [2.05, 4.69) is 48.5 Å². The molecule has 0 aliphatic rings. The van der Waals surface area contributed by atoms with Gasteiger partial charge < -0.3 is 4.42 Å². The van der Waals surface area contributed by atoms with E-state index in [1.807, 2.05) is 54.6 Å². The summed E-state index contributed by atoms with van der Waals surface area (Å²) in [6.45, 7) is 0. The third-order valence-corrected chi connectivity index (χ3v) is 16.2. The molecule has 0 N–H and O–H groups in total. The Balaban J connectivity index is 1.10. The molecule has 80 heavy (non-hydrogen) atoms. The number of aromatic nitrogens is 3. The van der Waals surface area contributed by atoms with Crippen LogP contribution in [0.4, 0.5) is 0 Å². The lowest BCUT2D eigenvalue weighted by Gasteiger charge is -2.26. The van der Waals surface area contributed by atoms with Crippen LogP contribution in [0.2, 0.25) is 0 Å². The molecule has 23 heteroatoms. The molecule has 326 valence electrons. The lowest BCUT2D eigenvalue weighted by atomic mass is 9.57. The van der Waals surface area contributed by atoms with E-state index in [0.29, 0.717) is 25.7 Å². The van der Waals surface area contributed by atoms with Gasteiger partial charge in [0, 0.05) is 36.9 Å². The molecule has 9 aromatic carbocycles. The quantitative estimate of drug-likeness (QED) is 0.150. The Morgan fingerprint density at radius 3 is 1.20 bits per heavy atom. The highest BCUT2D eigenvalue weighted by Gasteiger charge is 2.29. The molecule has 3 aromatic heterocycles. The van der Waals surface area contributed by atoms with Gasteiger partial charge in [0.25, 0.3) is 0 Å². The molecule has 4 nitrogen and oxygen atoms in total. The van der Waals surface area contributed by atoms with Crippen molar-refractivity contribution < 1.29 is 4.42 Å². The molecule has 0 unspecified atom stereocenters.